The van der Waals surface area contributed by atoms with Crippen LogP contribution < -0.4 is 93.5 Å². The molecule has 6 heterocycles. The molecule has 17 aromatic carbocycles. The highest BCUT2D eigenvalue weighted by Gasteiger charge is 2.52. The molecule has 12 heteroatoms. The SMILES string of the molecule is Cc1ccc(N(c2ccc(C)cc2)c2cc3c4c(c2)N(c2ccccc2)c2ccccc2B4c2cc4c(cc2N3)N(c2c(C)cc(C)cc2C)c2cc(N(c3ccc(C)cc3)c3ccc(C)cc3)cc3c2B4c2cc4c(cc2N3c2c(C)cc(C)cc2C)N(c2c(C)cc(C)cc2C)c2cc(N(c3ccc(C)cc3)c3ccc(C)cc3)cc3c2B4c2ccccc2O3)cc1. The summed E-state index contributed by atoms with van der Waals surface area (Å²) >= 11 is 0. The number of para-hydroxylation sites is 3. The highest BCUT2D eigenvalue weighted by Crippen LogP contribution is 2.56. The van der Waals surface area contributed by atoms with E-state index >= 15 is 0 Å². The molecule has 0 radical (unpaired) electrons. The van der Waals surface area contributed by atoms with Crippen LogP contribution in [0.1, 0.15) is 83.5 Å². The summed E-state index contributed by atoms with van der Waals surface area (Å²) in [7, 11) is 0. The molecular formula is C117H99B3N8O. The molecular weight excluding hydrogens is 1570 g/mol. The van der Waals surface area contributed by atoms with Crippen molar-refractivity contribution in [2.75, 3.05) is 39.6 Å². The first-order valence-electron chi connectivity index (χ1n) is 45.4. The third-order valence-electron chi connectivity index (χ3n) is 27.9. The van der Waals surface area contributed by atoms with Gasteiger partial charge < -0.3 is 44.4 Å². The van der Waals surface area contributed by atoms with Crippen LogP contribution >= 0.6 is 0 Å². The molecule has 6 aliphatic heterocycles. The Balaban J connectivity index is 0.862. The van der Waals surface area contributed by atoms with E-state index in [0.29, 0.717) is 0 Å². The molecule has 0 bridgehead atoms. The lowest BCUT2D eigenvalue weighted by molar-refractivity contribution is 0.487. The van der Waals surface area contributed by atoms with E-state index < -0.39 is 0 Å². The molecule has 17 aromatic rings. The summed E-state index contributed by atoms with van der Waals surface area (Å²) in [6.07, 6.45) is 0. The molecule has 6 aliphatic rings. The number of fused-ring (bicyclic) bond motifs is 12. The number of nitrogens with zero attached hydrogens (tertiary/aromatic N) is 7. The third kappa shape index (κ3) is 12.7. The minimum atomic E-state index is -0.380. The molecule has 129 heavy (non-hydrogen) atoms. The number of benzene rings is 17. The van der Waals surface area contributed by atoms with Gasteiger partial charge in [-0.3, -0.25) is 0 Å². The standard InChI is InChI=1S/C117H99B3N8O/c1-69-29-41-85(42-30-69)122(86-43-31-70(2)32-44-86)91-59-101-112-106(60-91)125(84-23-17-16-18-24-84)102-27-21-19-25-94(102)118(112)96-65-97-103(67-100(96)121-101)126(115-78(10)53-75(7)54-79(115)11)107-61-92(123(87-45-33-71(3)34-46-87)88-47-35-72(4)36-48-88)62-108-113(107)120(97)99-66-98-104(68-105(99)127(108)116-80(12)55-76(8)56-81(116)13)128(117-82(14)57-77(9)58-83(117)15)109-63-93(64-111-114(109)119(98)95-26-20-22-28-110(95)129-111)124(89-49-37-73(5)38-50-89)90-51-39-74(6)40-52-90/h16-68,121H,1-15H3. The molecule has 9 nitrogen and oxygen atoms in total. The summed E-state index contributed by atoms with van der Waals surface area (Å²) in [5, 5.41) is 4.42. The second kappa shape index (κ2) is 30.2. The highest BCUT2D eigenvalue weighted by molar-refractivity contribution is 7.04. The summed E-state index contributed by atoms with van der Waals surface area (Å²) in [4.78, 5) is 18.0. The van der Waals surface area contributed by atoms with Crippen LogP contribution in [0, 0.1) is 104 Å². The van der Waals surface area contributed by atoms with E-state index in [0.717, 1.165) is 153 Å². The predicted molar refractivity (Wildman–Crippen MR) is 550 cm³/mol. The summed E-state index contributed by atoms with van der Waals surface area (Å²) in [5.41, 5.74) is 53.8. The van der Waals surface area contributed by atoms with Gasteiger partial charge in [0.2, 0.25) is 0 Å². The Hall–Kier alpha value is -14.9. The minimum absolute atomic E-state index is 0.229. The minimum Gasteiger partial charge on any atom is -0.458 e. The zero-order chi connectivity index (χ0) is 88.0. The van der Waals surface area contributed by atoms with Crippen molar-refractivity contribution in [2.45, 2.75) is 104 Å². The summed E-state index contributed by atoms with van der Waals surface area (Å²) < 4.78 is 7.63. The Morgan fingerprint density at radius 3 is 0.953 bits per heavy atom. The van der Waals surface area contributed by atoms with Crippen molar-refractivity contribution < 1.29 is 4.74 Å². The Bertz CT molecular complexity index is 7310. The summed E-state index contributed by atoms with van der Waals surface area (Å²) in [5.74, 6) is 1.68. The molecule has 0 amide bonds. The van der Waals surface area contributed by atoms with Crippen LogP contribution in [0.15, 0.2) is 322 Å². The van der Waals surface area contributed by atoms with Gasteiger partial charge in [0.25, 0.3) is 20.1 Å². The number of hydrogen-bond acceptors (Lipinski definition) is 9. The van der Waals surface area contributed by atoms with Crippen LogP contribution in [0.5, 0.6) is 11.5 Å². The van der Waals surface area contributed by atoms with E-state index in [1.165, 1.54) is 122 Å². The van der Waals surface area contributed by atoms with Gasteiger partial charge in [0.1, 0.15) is 11.5 Å². The molecule has 0 unspecified atom stereocenters. The van der Waals surface area contributed by atoms with Crippen LogP contribution in [0.25, 0.3) is 0 Å². The lowest BCUT2D eigenvalue weighted by atomic mass is 9.29. The monoisotopic (exact) mass is 1660 g/mol. The van der Waals surface area contributed by atoms with Gasteiger partial charge in [0.05, 0.1) is 34.1 Å². The lowest BCUT2D eigenvalue weighted by Gasteiger charge is -2.48. The fourth-order valence-electron chi connectivity index (χ4n) is 22.5. The molecule has 622 valence electrons. The van der Waals surface area contributed by atoms with Crippen molar-refractivity contribution in [3.63, 3.8) is 0 Å². The smallest absolute Gasteiger partial charge is 0.256 e. The van der Waals surface area contributed by atoms with Crippen molar-refractivity contribution in [1.82, 2.24) is 0 Å². The van der Waals surface area contributed by atoms with Crippen molar-refractivity contribution in [2.24, 2.45) is 0 Å². The number of anilines is 23. The average molecular weight is 1670 g/mol. The first-order chi connectivity index (χ1) is 62.6. The van der Waals surface area contributed by atoms with Gasteiger partial charge in [-0.25, -0.2) is 0 Å². The molecule has 1 N–H and O–H groups in total. The zero-order valence-electron chi connectivity index (χ0n) is 75.9. The average Bonchev–Trinajstić information content (AvgIpc) is 0.679. The van der Waals surface area contributed by atoms with Crippen molar-refractivity contribution in [3.05, 3.63) is 405 Å². The van der Waals surface area contributed by atoms with Crippen LogP contribution in [0.2, 0.25) is 0 Å². The van der Waals surface area contributed by atoms with Crippen molar-refractivity contribution in [1.29, 1.82) is 0 Å². The molecule has 0 spiro atoms. The van der Waals surface area contributed by atoms with Crippen LogP contribution in [-0.4, -0.2) is 20.1 Å². The van der Waals surface area contributed by atoms with E-state index in [9.17, 15) is 0 Å². The molecule has 23 rings (SSSR count). The van der Waals surface area contributed by atoms with Crippen LogP contribution in [0.4, 0.5) is 131 Å². The Labute approximate surface area is 759 Å². The highest BCUT2D eigenvalue weighted by atomic mass is 16.5. The quantitative estimate of drug-likeness (QED) is 0.114. The first kappa shape index (κ1) is 78.8. The number of rotatable bonds is 13. The van der Waals surface area contributed by atoms with E-state index in [-0.39, 0.29) is 20.1 Å². The van der Waals surface area contributed by atoms with Gasteiger partial charge >= 0.3 is 0 Å². The second-order valence-corrected chi connectivity index (χ2v) is 37.2. The number of ether oxygens (including phenoxy) is 1. The molecule has 0 atom stereocenters. The van der Waals surface area contributed by atoms with Gasteiger partial charge in [-0.05, 0) is 326 Å². The van der Waals surface area contributed by atoms with E-state index in [4.69, 9.17) is 4.74 Å². The summed E-state index contributed by atoms with van der Waals surface area (Å²) in [6, 6.07) is 123. The van der Waals surface area contributed by atoms with Crippen LogP contribution in [-0.2, 0) is 0 Å². The maximum absolute atomic E-state index is 7.63. The van der Waals surface area contributed by atoms with Crippen LogP contribution in [0.3, 0.4) is 0 Å². The van der Waals surface area contributed by atoms with Crippen molar-refractivity contribution in [3.8, 4) is 11.5 Å². The van der Waals surface area contributed by atoms with Crippen molar-refractivity contribution >= 4 is 200 Å². The predicted octanol–water partition coefficient (Wildman–Crippen LogP) is 25.6. The molecule has 0 saturated carbocycles. The largest absolute Gasteiger partial charge is 0.458 e. The van der Waals surface area contributed by atoms with Gasteiger partial charge in [-0.15, -0.1) is 0 Å². The number of hydrogen-bond donors (Lipinski definition) is 1. The van der Waals surface area contributed by atoms with Gasteiger partial charge in [-0.1, -0.05) is 226 Å². The zero-order valence-corrected chi connectivity index (χ0v) is 75.9. The maximum atomic E-state index is 7.63. The normalized spacial score (nSPS) is 13.1. The van der Waals surface area contributed by atoms with E-state index in [1.807, 2.05) is 0 Å². The first-order valence-corrected chi connectivity index (χ1v) is 45.4. The lowest BCUT2D eigenvalue weighted by Crippen LogP contribution is -2.66. The molecule has 0 aliphatic carbocycles. The fraction of sp³-hybridized carbons (Fsp3) is 0.128. The number of aryl methyl sites for hydroxylation is 15. The van der Waals surface area contributed by atoms with Gasteiger partial charge in [0.15, 0.2) is 0 Å². The van der Waals surface area contributed by atoms with E-state index in [2.05, 4.69) is 465 Å². The van der Waals surface area contributed by atoms with Gasteiger partial charge in [-0.2, -0.15) is 0 Å². The molecule has 0 saturated heterocycles. The molecule has 0 aromatic heterocycles. The Morgan fingerprint density at radius 1 is 0.209 bits per heavy atom. The van der Waals surface area contributed by atoms with E-state index in [1.54, 1.807) is 0 Å². The number of nitrogens with one attached hydrogen (secondary N) is 1. The Kier molecular flexibility index (Phi) is 18.4. The topological polar surface area (TPSA) is 43.9 Å². The summed E-state index contributed by atoms with van der Waals surface area (Å²) in [6.45, 7) is 32.9. The third-order valence-corrected chi connectivity index (χ3v) is 27.9. The molecule has 0 fully saturated rings. The fourth-order valence-corrected chi connectivity index (χ4v) is 22.5. The maximum Gasteiger partial charge on any atom is 0.256 e. The second-order valence-electron chi connectivity index (χ2n) is 37.2. The Morgan fingerprint density at radius 2 is 0.535 bits per heavy atom. The van der Waals surface area contributed by atoms with Gasteiger partial charge in [0, 0.05) is 103 Å².